The van der Waals surface area contributed by atoms with Gasteiger partial charge in [-0.2, -0.15) is 0 Å². The molecular weight excluding hydrogens is 309 g/mol. The molecule has 2 saturated heterocycles. The number of benzene rings is 1. The molecule has 130 valence electrons. The number of carbonyl (C=O) groups is 2. The summed E-state index contributed by atoms with van der Waals surface area (Å²) in [6.07, 6.45) is 2.51. The molecule has 1 aromatic rings. The van der Waals surface area contributed by atoms with Crippen LogP contribution in [-0.2, 0) is 11.3 Å². The van der Waals surface area contributed by atoms with Crippen LogP contribution in [0.5, 0.6) is 0 Å². The van der Waals surface area contributed by atoms with Crippen molar-refractivity contribution in [2.45, 2.75) is 38.8 Å². The Balaban J connectivity index is 1.71. The fourth-order valence-corrected chi connectivity index (χ4v) is 3.63. The molecule has 1 N–H and O–H groups in total. The Morgan fingerprint density at radius 3 is 3.00 bits per heavy atom. The molecule has 2 bridgehead atoms. The van der Waals surface area contributed by atoms with E-state index in [2.05, 4.69) is 5.32 Å². The van der Waals surface area contributed by atoms with Crippen molar-refractivity contribution in [1.29, 1.82) is 0 Å². The summed E-state index contributed by atoms with van der Waals surface area (Å²) in [7, 11) is 0. The summed E-state index contributed by atoms with van der Waals surface area (Å²) < 4.78 is 13.4. The largest absolute Gasteiger partial charge is 0.338 e. The molecule has 0 unspecified atom stereocenters. The van der Waals surface area contributed by atoms with Crippen molar-refractivity contribution in [3.8, 4) is 0 Å². The highest BCUT2D eigenvalue weighted by Gasteiger charge is 2.42. The van der Waals surface area contributed by atoms with E-state index in [1.165, 1.54) is 12.1 Å². The standard InChI is InChI=1S/C18H24FN3O2/c1-2-7-20-18(24)22-8-6-14-10-16(22)17(23)21(12-14)11-13-4-3-5-15(19)9-13/h3-5,9,14,16H,2,6-8,10-12H2,1H3,(H,20,24)/t14-,16+/m0/s1. The first-order chi connectivity index (χ1) is 11.6. The molecule has 3 amide bonds. The molecule has 0 saturated carbocycles. The third kappa shape index (κ3) is 3.52. The van der Waals surface area contributed by atoms with Gasteiger partial charge in [-0.05, 0) is 42.9 Å². The molecule has 2 fully saturated rings. The molecule has 2 atom stereocenters. The van der Waals surface area contributed by atoms with Gasteiger partial charge < -0.3 is 15.1 Å². The number of fused-ring (bicyclic) bond motifs is 2. The normalized spacial score (nSPS) is 23.3. The first-order valence-corrected chi connectivity index (χ1v) is 8.66. The van der Waals surface area contributed by atoms with Crippen molar-refractivity contribution >= 4 is 11.9 Å². The molecule has 0 radical (unpaired) electrons. The monoisotopic (exact) mass is 333 g/mol. The number of nitrogens with zero attached hydrogens (tertiary/aromatic N) is 2. The van der Waals surface area contributed by atoms with E-state index in [9.17, 15) is 14.0 Å². The Morgan fingerprint density at radius 2 is 2.25 bits per heavy atom. The number of likely N-dealkylation sites (tertiary alicyclic amines) is 2. The minimum Gasteiger partial charge on any atom is -0.338 e. The summed E-state index contributed by atoms with van der Waals surface area (Å²) in [6.45, 7) is 4.33. The van der Waals surface area contributed by atoms with Gasteiger partial charge in [0.1, 0.15) is 11.9 Å². The first kappa shape index (κ1) is 16.7. The van der Waals surface area contributed by atoms with E-state index in [1.807, 2.05) is 13.0 Å². The molecule has 2 aliphatic heterocycles. The number of hydrogen-bond acceptors (Lipinski definition) is 2. The summed E-state index contributed by atoms with van der Waals surface area (Å²) in [6, 6.07) is 5.81. The molecular formula is C18H24FN3O2. The third-order valence-electron chi connectivity index (χ3n) is 4.84. The van der Waals surface area contributed by atoms with Gasteiger partial charge in [0.2, 0.25) is 5.91 Å². The topological polar surface area (TPSA) is 52.7 Å². The fourth-order valence-electron chi connectivity index (χ4n) is 3.63. The van der Waals surface area contributed by atoms with Crippen molar-refractivity contribution in [3.05, 3.63) is 35.6 Å². The van der Waals surface area contributed by atoms with Gasteiger partial charge in [0.05, 0.1) is 0 Å². The second-order valence-electron chi connectivity index (χ2n) is 6.68. The number of rotatable bonds is 4. The zero-order valence-electron chi connectivity index (χ0n) is 14.0. The Kier molecular flexibility index (Phi) is 5.02. The van der Waals surface area contributed by atoms with Crippen LogP contribution in [0.15, 0.2) is 24.3 Å². The van der Waals surface area contributed by atoms with Crippen LogP contribution in [0.3, 0.4) is 0 Å². The second-order valence-corrected chi connectivity index (χ2v) is 6.68. The minimum atomic E-state index is -0.386. The molecule has 2 heterocycles. The maximum Gasteiger partial charge on any atom is 0.318 e. The van der Waals surface area contributed by atoms with E-state index in [0.29, 0.717) is 32.1 Å². The molecule has 5 nitrogen and oxygen atoms in total. The van der Waals surface area contributed by atoms with Gasteiger partial charge in [0, 0.05) is 26.2 Å². The fraction of sp³-hybridized carbons (Fsp3) is 0.556. The SMILES string of the molecule is CCCNC(=O)N1CC[C@H]2C[C@@H]1C(=O)N(Cc1cccc(F)c1)C2. The number of nitrogens with one attached hydrogen (secondary N) is 1. The molecule has 3 rings (SSSR count). The zero-order chi connectivity index (χ0) is 17.1. The lowest BCUT2D eigenvalue weighted by Gasteiger charge is -2.46. The molecule has 24 heavy (non-hydrogen) atoms. The predicted molar refractivity (Wildman–Crippen MR) is 88.7 cm³/mol. The van der Waals surface area contributed by atoms with Gasteiger partial charge in [-0.15, -0.1) is 0 Å². The predicted octanol–water partition coefficient (Wildman–Crippen LogP) is 2.37. The Hall–Kier alpha value is -2.11. The lowest BCUT2D eigenvalue weighted by molar-refractivity contribution is -0.144. The van der Waals surface area contributed by atoms with Gasteiger partial charge in [-0.1, -0.05) is 19.1 Å². The van der Waals surface area contributed by atoms with Crippen LogP contribution in [0, 0.1) is 11.7 Å². The van der Waals surface area contributed by atoms with Crippen molar-refractivity contribution in [2.24, 2.45) is 5.92 Å². The Labute approximate surface area is 141 Å². The van der Waals surface area contributed by atoms with Crippen LogP contribution in [0.4, 0.5) is 9.18 Å². The van der Waals surface area contributed by atoms with Gasteiger partial charge in [0.25, 0.3) is 0 Å². The van der Waals surface area contributed by atoms with E-state index in [-0.39, 0.29) is 23.8 Å². The first-order valence-electron chi connectivity index (χ1n) is 8.66. The van der Waals surface area contributed by atoms with Gasteiger partial charge in [-0.3, -0.25) is 4.79 Å². The van der Waals surface area contributed by atoms with Gasteiger partial charge in [-0.25, -0.2) is 9.18 Å². The molecule has 0 aromatic heterocycles. The van der Waals surface area contributed by atoms with Crippen molar-refractivity contribution in [1.82, 2.24) is 15.1 Å². The molecule has 2 aliphatic rings. The van der Waals surface area contributed by atoms with Crippen LogP contribution in [0.1, 0.15) is 31.7 Å². The van der Waals surface area contributed by atoms with Crippen LogP contribution >= 0.6 is 0 Å². The number of carbonyl (C=O) groups excluding carboxylic acids is 2. The Morgan fingerprint density at radius 1 is 1.42 bits per heavy atom. The average Bonchev–Trinajstić information content (AvgIpc) is 2.57. The van der Waals surface area contributed by atoms with Crippen LogP contribution < -0.4 is 5.32 Å². The van der Waals surface area contributed by atoms with Crippen LogP contribution in [0.25, 0.3) is 0 Å². The highest BCUT2D eigenvalue weighted by Crippen LogP contribution is 2.31. The lowest BCUT2D eigenvalue weighted by Crippen LogP contribution is -2.61. The number of urea groups is 1. The van der Waals surface area contributed by atoms with E-state index in [1.54, 1.807) is 15.9 Å². The summed E-state index contributed by atoms with van der Waals surface area (Å²) in [4.78, 5) is 28.6. The molecule has 1 aromatic carbocycles. The van der Waals surface area contributed by atoms with E-state index < -0.39 is 0 Å². The van der Waals surface area contributed by atoms with Gasteiger partial charge >= 0.3 is 6.03 Å². The van der Waals surface area contributed by atoms with E-state index in [4.69, 9.17) is 0 Å². The molecule has 0 aliphatic carbocycles. The quantitative estimate of drug-likeness (QED) is 0.920. The van der Waals surface area contributed by atoms with Gasteiger partial charge in [0.15, 0.2) is 0 Å². The smallest absolute Gasteiger partial charge is 0.318 e. The zero-order valence-corrected chi connectivity index (χ0v) is 14.0. The summed E-state index contributed by atoms with van der Waals surface area (Å²) in [5.74, 6) is 0.0936. The van der Waals surface area contributed by atoms with Crippen molar-refractivity contribution < 1.29 is 14.0 Å². The minimum absolute atomic E-state index is 0.0261. The number of amides is 3. The third-order valence-corrected chi connectivity index (χ3v) is 4.84. The number of piperidine rings is 2. The molecule has 0 spiro atoms. The highest BCUT2D eigenvalue weighted by atomic mass is 19.1. The maximum absolute atomic E-state index is 13.4. The van der Waals surface area contributed by atoms with Crippen molar-refractivity contribution in [2.75, 3.05) is 19.6 Å². The molecule has 6 heteroatoms. The van der Waals surface area contributed by atoms with E-state index >= 15 is 0 Å². The van der Waals surface area contributed by atoms with E-state index in [0.717, 1.165) is 24.8 Å². The number of hydrogen-bond donors (Lipinski definition) is 1. The van der Waals surface area contributed by atoms with Crippen LogP contribution in [0.2, 0.25) is 0 Å². The maximum atomic E-state index is 13.4. The highest BCUT2D eigenvalue weighted by molar-refractivity contribution is 5.88. The summed E-state index contributed by atoms with van der Waals surface area (Å²) in [5, 5.41) is 2.86. The number of halogens is 1. The summed E-state index contributed by atoms with van der Waals surface area (Å²) in [5.41, 5.74) is 0.783. The second kappa shape index (κ2) is 7.20. The lowest BCUT2D eigenvalue weighted by atomic mass is 9.86. The summed E-state index contributed by atoms with van der Waals surface area (Å²) >= 11 is 0. The Bertz CT molecular complexity index is 622. The van der Waals surface area contributed by atoms with Crippen molar-refractivity contribution in [3.63, 3.8) is 0 Å². The average molecular weight is 333 g/mol. The van der Waals surface area contributed by atoms with Crippen LogP contribution in [-0.4, -0.2) is 47.4 Å².